The van der Waals surface area contributed by atoms with Gasteiger partial charge < -0.3 is 9.80 Å². The molecular weight excluding hydrogens is 466 g/mol. The van der Waals surface area contributed by atoms with Crippen molar-refractivity contribution in [2.45, 2.75) is 53.0 Å². The van der Waals surface area contributed by atoms with Crippen LogP contribution < -0.4 is 0 Å². The maximum absolute atomic E-state index is 13.7. The zero-order chi connectivity index (χ0) is 26.5. The molecule has 0 aliphatic carbocycles. The first-order valence-electron chi connectivity index (χ1n) is 12.6. The first kappa shape index (κ1) is 24.7. The fourth-order valence-electron chi connectivity index (χ4n) is 4.94. The van der Waals surface area contributed by atoms with Crippen molar-refractivity contribution in [2.24, 2.45) is 0 Å². The van der Waals surface area contributed by atoms with Gasteiger partial charge in [0.15, 0.2) is 5.65 Å². The van der Waals surface area contributed by atoms with Crippen LogP contribution in [-0.4, -0.2) is 71.6 Å². The highest BCUT2D eigenvalue weighted by Gasteiger charge is 2.40. The summed E-state index contributed by atoms with van der Waals surface area (Å²) in [4.78, 5) is 35.0. The van der Waals surface area contributed by atoms with Gasteiger partial charge in [0.2, 0.25) is 0 Å². The van der Waals surface area contributed by atoms with Crippen LogP contribution in [0.5, 0.6) is 0 Å². The summed E-state index contributed by atoms with van der Waals surface area (Å²) in [6.45, 7) is 13.3. The van der Waals surface area contributed by atoms with E-state index in [1.165, 1.54) is 5.56 Å². The molecule has 37 heavy (non-hydrogen) atoms. The number of hydrogen-bond donors (Lipinski definition) is 1. The number of piperazine rings is 1. The number of nitrogens with one attached hydrogen (secondary N) is 1. The number of aryl methyl sites for hydroxylation is 2. The number of hydrogen-bond acceptors (Lipinski definition) is 5. The van der Waals surface area contributed by atoms with Crippen molar-refractivity contribution in [1.29, 1.82) is 0 Å². The van der Waals surface area contributed by atoms with E-state index in [1.54, 1.807) is 21.7 Å². The van der Waals surface area contributed by atoms with Gasteiger partial charge in [0, 0.05) is 30.8 Å². The second-order valence-electron chi connectivity index (χ2n) is 10.8. The predicted molar refractivity (Wildman–Crippen MR) is 142 cm³/mol. The molecule has 1 aliphatic heterocycles. The van der Waals surface area contributed by atoms with Gasteiger partial charge in [-0.05, 0) is 45.7 Å². The maximum atomic E-state index is 13.7. The number of imidazole rings is 1. The van der Waals surface area contributed by atoms with Gasteiger partial charge in [-0.15, -0.1) is 0 Å². The van der Waals surface area contributed by atoms with Gasteiger partial charge >= 0.3 is 0 Å². The highest BCUT2D eigenvalue weighted by molar-refractivity contribution is 5.95. The fourth-order valence-corrected chi connectivity index (χ4v) is 4.94. The molecule has 0 unspecified atom stereocenters. The molecule has 0 saturated carbocycles. The number of nitrogens with zero attached hydrogens (tertiary/aromatic N) is 6. The Kier molecular flexibility index (Phi) is 6.09. The highest BCUT2D eigenvalue weighted by Crippen LogP contribution is 2.28. The largest absolute Gasteiger partial charge is 0.333 e. The summed E-state index contributed by atoms with van der Waals surface area (Å²) in [6.07, 6.45) is 1.72. The minimum absolute atomic E-state index is 0.108. The minimum Gasteiger partial charge on any atom is -0.333 e. The number of rotatable bonds is 4. The Balaban J connectivity index is 1.43. The molecule has 1 aromatic carbocycles. The van der Waals surface area contributed by atoms with E-state index in [-0.39, 0.29) is 17.7 Å². The summed E-state index contributed by atoms with van der Waals surface area (Å²) in [5.74, 6) is -0.0633. The Labute approximate surface area is 216 Å². The molecule has 3 aromatic heterocycles. The quantitative estimate of drug-likeness (QED) is 0.453. The van der Waals surface area contributed by atoms with Gasteiger partial charge in [-0.3, -0.25) is 14.7 Å². The Morgan fingerprint density at radius 2 is 1.76 bits per heavy atom. The lowest BCUT2D eigenvalue weighted by Crippen LogP contribution is -2.62. The normalized spacial score (nSPS) is 15.5. The van der Waals surface area contributed by atoms with Crippen molar-refractivity contribution in [3.63, 3.8) is 0 Å². The van der Waals surface area contributed by atoms with E-state index < -0.39 is 5.54 Å². The van der Waals surface area contributed by atoms with Gasteiger partial charge in [0.25, 0.3) is 11.8 Å². The Bertz CT molecular complexity index is 1480. The molecule has 9 nitrogen and oxygen atoms in total. The molecule has 1 saturated heterocycles. The van der Waals surface area contributed by atoms with Crippen LogP contribution in [0.4, 0.5) is 0 Å². The molecule has 1 aliphatic rings. The summed E-state index contributed by atoms with van der Waals surface area (Å²) in [7, 11) is 0. The number of carbonyl (C=O) groups excluding carboxylic acids is 2. The topological polar surface area (TPSA) is 99.5 Å². The zero-order valence-electron chi connectivity index (χ0n) is 22.2. The van der Waals surface area contributed by atoms with Crippen molar-refractivity contribution in [1.82, 2.24) is 34.6 Å². The van der Waals surface area contributed by atoms with E-state index in [0.29, 0.717) is 36.7 Å². The third-order valence-electron chi connectivity index (χ3n) is 7.01. The number of benzene rings is 1. The monoisotopic (exact) mass is 499 g/mol. The molecule has 4 heterocycles. The van der Waals surface area contributed by atoms with Crippen LogP contribution in [0.1, 0.15) is 71.4 Å². The number of aromatic nitrogens is 5. The Morgan fingerprint density at radius 3 is 2.38 bits per heavy atom. The third kappa shape index (κ3) is 4.61. The molecule has 0 radical (unpaired) electrons. The van der Waals surface area contributed by atoms with Gasteiger partial charge in [0.05, 0.1) is 23.1 Å². The van der Waals surface area contributed by atoms with E-state index in [0.717, 1.165) is 22.5 Å². The van der Waals surface area contributed by atoms with Gasteiger partial charge in [-0.1, -0.05) is 43.7 Å². The van der Waals surface area contributed by atoms with Crippen LogP contribution >= 0.6 is 0 Å². The summed E-state index contributed by atoms with van der Waals surface area (Å²) in [5, 5.41) is 11.7. The van der Waals surface area contributed by atoms with Crippen LogP contribution in [0, 0.1) is 13.8 Å². The highest BCUT2D eigenvalue weighted by atomic mass is 16.2. The van der Waals surface area contributed by atoms with E-state index in [1.807, 2.05) is 25.7 Å². The summed E-state index contributed by atoms with van der Waals surface area (Å²) < 4.78 is 1.73. The summed E-state index contributed by atoms with van der Waals surface area (Å²) in [6, 6.07) is 12.1. The van der Waals surface area contributed by atoms with E-state index >= 15 is 0 Å². The predicted octanol–water partition coefficient (Wildman–Crippen LogP) is 4.24. The van der Waals surface area contributed by atoms with Gasteiger partial charge in [-0.2, -0.15) is 10.2 Å². The summed E-state index contributed by atoms with van der Waals surface area (Å²) in [5.41, 5.74) is 5.79. The van der Waals surface area contributed by atoms with E-state index in [2.05, 4.69) is 61.3 Å². The van der Waals surface area contributed by atoms with E-state index in [4.69, 9.17) is 10.1 Å². The number of carbonyl (C=O) groups is 2. The van der Waals surface area contributed by atoms with Gasteiger partial charge in [-0.25, -0.2) is 9.50 Å². The number of fused-ring (bicyclic) bond motifs is 1. The molecule has 0 atom stereocenters. The first-order valence-corrected chi connectivity index (χ1v) is 12.6. The molecule has 5 rings (SSSR count). The number of H-pyrrole nitrogens is 1. The van der Waals surface area contributed by atoms with Crippen molar-refractivity contribution in [2.75, 3.05) is 19.6 Å². The SMILES string of the molecule is Cc1ccc(-c2cc(C(C)C)c3nc(C(=O)N4CCN(C(=O)c5cc(C)n[nH]5)CC4(C)C)cn3n2)cc1. The van der Waals surface area contributed by atoms with Crippen LogP contribution in [0.15, 0.2) is 42.6 Å². The van der Waals surface area contributed by atoms with E-state index in [9.17, 15) is 9.59 Å². The second kappa shape index (κ2) is 9.14. The lowest BCUT2D eigenvalue weighted by Gasteiger charge is -2.46. The minimum atomic E-state index is -0.572. The molecule has 4 aromatic rings. The van der Waals surface area contributed by atoms with Crippen molar-refractivity contribution < 1.29 is 9.59 Å². The molecular formula is C28H33N7O2. The molecule has 192 valence electrons. The van der Waals surface area contributed by atoms with Crippen LogP contribution in [0.3, 0.4) is 0 Å². The van der Waals surface area contributed by atoms with Crippen molar-refractivity contribution in [3.8, 4) is 11.3 Å². The number of amides is 2. The lowest BCUT2D eigenvalue weighted by atomic mass is 9.98. The third-order valence-corrected chi connectivity index (χ3v) is 7.01. The Hall–Kier alpha value is -4.01. The average Bonchev–Trinajstić information content (AvgIpc) is 3.48. The summed E-state index contributed by atoms with van der Waals surface area (Å²) >= 11 is 0. The molecule has 1 N–H and O–H groups in total. The molecule has 0 bridgehead atoms. The molecule has 9 heteroatoms. The Morgan fingerprint density at radius 1 is 1.03 bits per heavy atom. The van der Waals surface area contributed by atoms with Crippen molar-refractivity contribution >= 4 is 17.5 Å². The van der Waals surface area contributed by atoms with Crippen LogP contribution in [0.2, 0.25) is 0 Å². The molecule has 0 spiro atoms. The number of aromatic amines is 1. The lowest BCUT2D eigenvalue weighted by molar-refractivity contribution is 0.0163. The second-order valence-corrected chi connectivity index (χ2v) is 10.8. The first-order chi connectivity index (χ1) is 17.5. The smallest absolute Gasteiger partial charge is 0.274 e. The van der Waals surface area contributed by atoms with Crippen molar-refractivity contribution in [3.05, 3.63) is 70.8 Å². The average molecular weight is 500 g/mol. The zero-order valence-corrected chi connectivity index (χ0v) is 22.2. The van der Waals surface area contributed by atoms with Crippen LogP contribution in [0.25, 0.3) is 16.9 Å². The van der Waals surface area contributed by atoms with Crippen LogP contribution in [-0.2, 0) is 0 Å². The van der Waals surface area contributed by atoms with Gasteiger partial charge in [0.1, 0.15) is 11.4 Å². The molecule has 2 amide bonds. The molecule has 1 fully saturated rings. The maximum Gasteiger partial charge on any atom is 0.274 e. The standard InChI is InChI=1S/C28H33N7O2/c1-17(2)21-14-22(20-9-7-18(3)8-10-20)32-35-15-24(29-25(21)35)27(37)34-12-11-33(16-28(34,5)6)26(36)23-13-19(4)30-31-23/h7-10,13-15,17H,11-12,16H2,1-6H3,(H,30,31). The fraction of sp³-hybridized carbons (Fsp3) is 0.393.